The first kappa shape index (κ1) is 29.2. The predicted molar refractivity (Wildman–Crippen MR) is 210 cm³/mol. The lowest BCUT2D eigenvalue weighted by molar-refractivity contribution is 0.791. The Morgan fingerprint density at radius 3 is 1.18 bits per heavy atom. The van der Waals surface area contributed by atoms with Gasteiger partial charge in [0, 0.05) is 45.9 Å². The molecule has 0 N–H and O–H groups in total. The summed E-state index contributed by atoms with van der Waals surface area (Å²) in [5.41, 5.74) is 16.0. The average molecular weight is 652 g/mol. The standard InChI is InChI=1S/C48H33N3/c1-5-16-34(17-6-1)50(35-18-7-2-8-19-35)38-27-29-44-41(32-38)42-33-39(51(36-20-9-3-10-21-36)37-22-11-4-12-23-37)28-30-45(42)48(44)43-25-14-13-24-40(43)47-46(48)26-15-31-49-47/h1-33H. The third kappa shape index (κ3) is 4.42. The second kappa shape index (κ2) is 11.7. The van der Waals surface area contributed by atoms with Gasteiger partial charge in [-0.2, -0.15) is 0 Å². The van der Waals surface area contributed by atoms with Crippen molar-refractivity contribution < 1.29 is 0 Å². The van der Waals surface area contributed by atoms with Crippen LogP contribution in [-0.4, -0.2) is 4.98 Å². The van der Waals surface area contributed by atoms with Crippen molar-refractivity contribution in [2.45, 2.75) is 5.41 Å². The Hall–Kier alpha value is -6.71. The van der Waals surface area contributed by atoms with Gasteiger partial charge in [-0.15, -0.1) is 0 Å². The number of fused-ring (bicyclic) bond motifs is 10. The van der Waals surface area contributed by atoms with Crippen molar-refractivity contribution in [1.82, 2.24) is 4.98 Å². The molecule has 0 aliphatic heterocycles. The smallest absolute Gasteiger partial charge is 0.0753 e. The van der Waals surface area contributed by atoms with E-state index < -0.39 is 5.41 Å². The van der Waals surface area contributed by atoms with Gasteiger partial charge < -0.3 is 9.80 Å². The Bertz CT molecular complexity index is 2270. The summed E-state index contributed by atoms with van der Waals surface area (Å²) < 4.78 is 0. The van der Waals surface area contributed by atoms with E-state index in [1.807, 2.05) is 6.20 Å². The molecule has 0 amide bonds. The van der Waals surface area contributed by atoms with Gasteiger partial charge in [-0.1, -0.05) is 115 Å². The van der Waals surface area contributed by atoms with E-state index in [1.165, 1.54) is 38.9 Å². The van der Waals surface area contributed by atoms with Crippen LogP contribution in [0.5, 0.6) is 0 Å². The first-order valence-electron chi connectivity index (χ1n) is 17.5. The van der Waals surface area contributed by atoms with Crippen LogP contribution in [0.2, 0.25) is 0 Å². The van der Waals surface area contributed by atoms with Crippen LogP contribution in [0.4, 0.5) is 34.1 Å². The van der Waals surface area contributed by atoms with Crippen molar-refractivity contribution in [2.75, 3.05) is 9.80 Å². The normalized spacial score (nSPS) is 12.9. The summed E-state index contributed by atoms with van der Waals surface area (Å²) in [6.45, 7) is 0. The highest BCUT2D eigenvalue weighted by Crippen LogP contribution is 2.63. The lowest BCUT2D eigenvalue weighted by atomic mass is 9.71. The molecule has 0 fully saturated rings. The third-order valence-corrected chi connectivity index (χ3v) is 10.5. The van der Waals surface area contributed by atoms with Crippen LogP contribution in [0.3, 0.4) is 0 Å². The SMILES string of the molecule is c1ccc(N(c2ccccc2)c2ccc3c(c2)-c2cc(N(c4ccccc4)c4ccccc4)ccc2C32c3ccccc3-c3ncccc32)cc1. The van der Waals surface area contributed by atoms with Crippen LogP contribution in [0.25, 0.3) is 22.4 Å². The highest BCUT2D eigenvalue weighted by atomic mass is 15.1. The number of hydrogen-bond donors (Lipinski definition) is 0. The van der Waals surface area contributed by atoms with E-state index >= 15 is 0 Å². The molecule has 0 radical (unpaired) electrons. The zero-order valence-corrected chi connectivity index (χ0v) is 27.9. The maximum atomic E-state index is 5.00. The lowest BCUT2D eigenvalue weighted by Gasteiger charge is -2.31. The van der Waals surface area contributed by atoms with E-state index in [9.17, 15) is 0 Å². The molecule has 0 saturated heterocycles. The van der Waals surface area contributed by atoms with Gasteiger partial charge in [0.05, 0.1) is 11.1 Å². The summed E-state index contributed by atoms with van der Waals surface area (Å²) in [5.74, 6) is 0. The Kier molecular flexibility index (Phi) is 6.71. The fraction of sp³-hybridized carbons (Fsp3) is 0.0208. The molecule has 0 bridgehead atoms. The van der Waals surface area contributed by atoms with Crippen molar-refractivity contribution in [3.8, 4) is 22.4 Å². The topological polar surface area (TPSA) is 19.4 Å². The van der Waals surface area contributed by atoms with E-state index in [1.54, 1.807) is 0 Å². The van der Waals surface area contributed by atoms with E-state index in [4.69, 9.17) is 4.98 Å². The molecule has 0 saturated carbocycles. The average Bonchev–Trinajstić information content (AvgIpc) is 3.66. The van der Waals surface area contributed by atoms with E-state index in [0.29, 0.717) is 0 Å². The molecule has 2 aliphatic rings. The van der Waals surface area contributed by atoms with Gasteiger partial charge in [-0.3, -0.25) is 4.98 Å². The van der Waals surface area contributed by atoms with E-state index in [2.05, 4.69) is 204 Å². The number of nitrogens with zero attached hydrogens (tertiary/aromatic N) is 3. The largest absolute Gasteiger partial charge is 0.310 e. The Labute approximate surface area is 298 Å². The molecule has 8 aromatic rings. The number of rotatable bonds is 6. The summed E-state index contributed by atoms with van der Waals surface area (Å²) in [6.07, 6.45) is 1.92. The molecule has 0 unspecified atom stereocenters. The van der Waals surface area contributed by atoms with Crippen molar-refractivity contribution in [3.63, 3.8) is 0 Å². The van der Waals surface area contributed by atoms with Crippen LogP contribution in [0.1, 0.15) is 22.3 Å². The van der Waals surface area contributed by atoms with E-state index in [0.717, 1.165) is 39.8 Å². The molecular weight excluding hydrogens is 619 g/mol. The minimum Gasteiger partial charge on any atom is -0.310 e. The maximum absolute atomic E-state index is 5.00. The molecule has 7 aromatic carbocycles. The summed E-state index contributed by atoms with van der Waals surface area (Å²) in [5, 5.41) is 0. The van der Waals surface area contributed by atoms with Crippen molar-refractivity contribution in [1.29, 1.82) is 0 Å². The highest BCUT2D eigenvalue weighted by molar-refractivity contribution is 5.97. The van der Waals surface area contributed by atoms with Gasteiger partial charge in [-0.05, 0) is 112 Å². The predicted octanol–water partition coefficient (Wildman–Crippen LogP) is 12.4. The lowest BCUT2D eigenvalue weighted by Crippen LogP contribution is -2.26. The summed E-state index contributed by atoms with van der Waals surface area (Å²) in [4.78, 5) is 9.71. The second-order valence-electron chi connectivity index (χ2n) is 13.2. The van der Waals surface area contributed by atoms with Crippen molar-refractivity contribution >= 4 is 34.1 Å². The number of hydrogen-bond acceptors (Lipinski definition) is 3. The molecule has 3 heteroatoms. The number of aromatic nitrogens is 1. The molecule has 1 aromatic heterocycles. The van der Waals surface area contributed by atoms with Crippen LogP contribution in [0.15, 0.2) is 200 Å². The van der Waals surface area contributed by atoms with Crippen LogP contribution in [0, 0.1) is 0 Å². The number of para-hydroxylation sites is 4. The molecule has 51 heavy (non-hydrogen) atoms. The van der Waals surface area contributed by atoms with Gasteiger partial charge in [-0.25, -0.2) is 0 Å². The molecule has 1 spiro atoms. The number of anilines is 6. The quantitative estimate of drug-likeness (QED) is 0.178. The molecular formula is C48H33N3. The third-order valence-electron chi connectivity index (χ3n) is 10.5. The fourth-order valence-corrected chi connectivity index (χ4v) is 8.45. The van der Waals surface area contributed by atoms with Gasteiger partial charge in [0.25, 0.3) is 0 Å². The summed E-state index contributed by atoms with van der Waals surface area (Å²) in [6, 6.07) is 70.0. The number of pyridine rings is 1. The van der Waals surface area contributed by atoms with Crippen molar-refractivity contribution in [2.24, 2.45) is 0 Å². The maximum Gasteiger partial charge on any atom is 0.0753 e. The monoisotopic (exact) mass is 651 g/mol. The molecule has 10 rings (SSSR count). The zero-order valence-electron chi connectivity index (χ0n) is 27.9. The van der Waals surface area contributed by atoms with Gasteiger partial charge in [0.2, 0.25) is 0 Å². The first-order valence-corrected chi connectivity index (χ1v) is 17.5. The van der Waals surface area contributed by atoms with Crippen LogP contribution >= 0.6 is 0 Å². The minimum atomic E-state index is -0.490. The first-order chi connectivity index (χ1) is 25.3. The van der Waals surface area contributed by atoms with Crippen LogP contribution in [-0.2, 0) is 5.41 Å². The van der Waals surface area contributed by atoms with Gasteiger partial charge >= 0.3 is 0 Å². The highest BCUT2D eigenvalue weighted by Gasteiger charge is 2.52. The molecule has 2 aliphatic carbocycles. The van der Waals surface area contributed by atoms with Gasteiger partial charge in [0.15, 0.2) is 0 Å². The summed E-state index contributed by atoms with van der Waals surface area (Å²) >= 11 is 0. The van der Waals surface area contributed by atoms with E-state index in [-0.39, 0.29) is 0 Å². The Morgan fingerprint density at radius 1 is 0.314 bits per heavy atom. The fourth-order valence-electron chi connectivity index (χ4n) is 8.45. The minimum absolute atomic E-state index is 0.490. The summed E-state index contributed by atoms with van der Waals surface area (Å²) in [7, 11) is 0. The Morgan fingerprint density at radius 2 is 0.706 bits per heavy atom. The molecule has 1 heterocycles. The second-order valence-corrected chi connectivity index (χ2v) is 13.2. The van der Waals surface area contributed by atoms with Gasteiger partial charge in [0.1, 0.15) is 0 Å². The van der Waals surface area contributed by atoms with Crippen molar-refractivity contribution in [3.05, 3.63) is 223 Å². The Balaban J connectivity index is 1.26. The van der Waals surface area contributed by atoms with Crippen LogP contribution < -0.4 is 9.80 Å². The number of benzene rings is 7. The zero-order chi connectivity index (χ0) is 33.8. The molecule has 0 atom stereocenters. The molecule has 240 valence electrons. The molecule has 3 nitrogen and oxygen atoms in total.